The zero-order chi connectivity index (χ0) is 19.1. The summed E-state index contributed by atoms with van der Waals surface area (Å²) in [4.78, 5) is 21.0. The molecule has 3 heterocycles. The third-order valence-corrected chi connectivity index (χ3v) is 5.47. The van der Waals surface area contributed by atoms with Crippen LogP contribution in [0.5, 0.6) is 0 Å². The van der Waals surface area contributed by atoms with Crippen LogP contribution in [0.15, 0.2) is 30.3 Å². The zero-order valence-electron chi connectivity index (χ0n) is 15.9. The third-order valence-electron chi connectivity index (χ3n) is 5.47. The number of hydrogen-bond acceptors (Lipinski definition) is 4. The second kappa shape index (κ2) is 6.58. The smallest absolute Gasteiger partial charge is 0.225 e. The number of imidazole rings is 1. The summed E-state index contributed by atoms with van der Waals surface area (Å²) in [6.45, 7) is 3.60. The van der Waals surface area contributed by atoms with Crippen LogP contribution in [0.3, 0.4) is 0 Å². The second-order valence-electron chi connectivity index (χ2n) is 7.43. The zero-order valence-corrected chi connectivity index (χ0v) is 15.9. The van der Waals surface area contributed by atoms with E-state index < -0.39 is 0 Å². The largest absolute Gasteiger partial charge is 0.358 e. The van der Waals surface area contributed by atoms with Crippen molar-refractivity contribution >= 4 is 28.4 Å². The number of carbonyl (C=O) groups is 1. The van der Waals surface area contributed by atoms with Crippen molar-refractivity contribution in [2.45, 2.75) is 19.8 Å². The van der Waals surface area contributed by atoms with Gasteiger partial charge in [0.25, 0.3) is 0 Å². The van der Waals surface area contributed by atoms with Crippen LogP contribution in [0.1, 0.15) is 24.0 Å². The monoisotopic (exact) mass is 361 g/mol. The van der Waals surface area contributed by atoms with Crippen molar-refractivity contribution < 1.29 is 4.79 Å². The highest BCUT2D eigenvalue weighted by molar-refractivity contribution is 5.85. The summed E-state index contributed by atoms with van der Waals surface area (Å²) in [6, 6.07) is 12.4. The minimum absolute atomic E-state index is 0.0887. The normalized spacial score (nSPS) is 15.3. The number of amides is 1. The molecular weight excluding hydrogens is 338 g/mol. The molecular formula is C21H23N5O. The summed E-state index contributed by atoms with van der Waals surface area (Å²) >= 11 is 0. The van der Waals surface area contributed by atoms with Gasteiger partial charge in [0.1, 0.15) is 11.9 Å². The lowest BCUT2D eigenvalue weighted by Gasteiger charge is -2.34. The van der Waals surface area contributed by atoms with Gasteiger partial charge in [-0.3, -0.25) is 9.20 Å². The van der Waals surface area contributed by atoms with Crippen molar-refractivity contribution in [2.75, 3.05) is 32.1 Å². The molecule has 0 unspecified atom stereocenters. The van der Waals surface area contributed by atoms with E-state index in [1.54, 1.807) is 4.90 Å². The van der Waals surface area contributed by atoms with Gasteiger partial charge in [-0.05, 0) is 43.5 Å². The Bertz CT molecular complexity index is 1070. The van der Waals surface area contributed by atoms with Crippen molar-refractivity contribution in [3.05, 3.63) is 41.5 Å². The summed E-state index contributed by atoms with van der Waals surface area (Å²) < 4.78 is 2.09. The SMILES string of the molecule is Cc1cc(N2CCC(C(=O)N(C)C)CC2)n2c(nc3ccccc32)c1C#N. The number of benzene rings is 1. The average molecular weight is 361 g/mol. The third kappa shape index (κ3) is 2.80. The topological polar surface area (TPSA) is 64.6 Å². The maximum atomic E-state index is 12.3. The van der Waals surface area contributed by atoms with Crippen LogP contribution in [0, 0.1) is 24.2 Å². The minimum Gasteiger partial charge on any atom is -0.358 e. The molecule has 1 aliphatic rings. The number of fused-ring (bicyclic) bond motifs is 3. The number of hydrogen-bond donors (Lipinski definition) is 0. The van der Waals surface area contributed by atoms with Crippen LogP contribution in [0.4, 0.5) is 5.82 Å². The molecule has 4 rings (SSSR count). The van der Waals surface area contributed by atoms with Gasteiger partial charge in [0.2, 0.25) is 5.91 Å². The Balaban J connectivity index is 1.79. The fourth-order valence-electron chi connectivity index (χ4n) is 4.02. The highest BCUT2D eigenvalue weighted by Gasteiger charge is 2.28. The van der Waals surface area contributed by atoms with E-state index in [4.69, 9.17) is 4.98 Å². The lowest BCUT2D eigenvalue weighted by atomic mass is 9.95. The van der Waals surface area contributed by atoms with E-state index in [9.17, 15) is 10.1 Å². The number of nitrogens with zero attached hydrogens (tertiary/aromatic N) is 5. The van der Waals surface area contributed by atoms with Gasteiger partial charge in [-0.15, -0.1) is 0 Å². The Hall–Kier alpha value is -3.07. The fourth-order valence-corrected chi connectivity index (χ4v) is 4.02. The molecule has 0 spiro atoms. The second-order valence-corrected chi connectivity index (χ2v) is 7.43. The number of piperidine rings is 1. The van der Waals surface area contributed by atoms with Crippen LogP contribution in [-0.4, -0.2) is 47.4 Å². The van der Waals surface area contributed by atoms with Crippen LogP contribution < -0.4 is 4.90 Å². The Morgan fingerprint density at radius 1 is 1.26 bits per heavy atom. The molecule has 3 aromatic rings. The van der Waals surface area contributed by atoms with E-state index in [2.05, 4.69) is 21.4 Å². The lowest BCUT2D eigenvalue weighted by molar-refractivity contribution is -0.133. The molecule has 0 atom stereocenters. The average Bonchev–Trinajstić information content (AvgIpc) is 3.06. The number of carbonyl (C=O) groups excluding carboxylic acids is 1. The molecule has 1 fully saturated rings. The first kappa shape index (κ1) is 17.3. The minimum atomic E-state index is 0.0887. The van der Waals surface area contributed by atoms with Crippen LogP contribution in [-0.2, 0) is 4.79 Å². The first-order valence-corrected chi connectivity index (χ1v) is 9.28. The number of pyridine rings is 1. The molecule has 0 N–H and O–H groups in total. The van der Waals surface area contributed by atoms with E-state index in [0.717, 1.165) is 48.3 Å². The Kier molecular flexibility index (Phi) is 4.23. The molecule has 0 radical (unpaired) electrons. The predicted molar refractivity (Wildman–Crippen MR) is 106 cm³/mol. The van der Waals surface area contributed by atoms with Gasteiger partial charge in [0.05, 0.1) is 16.6 Å². The number of rotatable bonds is 2. The molecule has 0 saturated carbocycles. The van der Waals surface area contributed by atoms with Crippen LogP contribution in [0.2, 0.25) is 0 Å². The summed E-state index contributed by atoms with van der Waals surface area (Å²) in [5.41, 5.74) is 4.15. The summed E-state index contributed by atoms with van der Waals surface area (Å²) in [5.74, 6) is 1.35. The first-order valence-electron chi connectivity index (χ1n) is 9.28. The molecule has 0 bridgehead atoms. The predicted octanol–water partition coefficient (Wildman–Crippen LogP) is 2.97. The van der Waals surface area contributed by atoms with E-state index >= 15 is 0 Å². The van der Waals surface area contributed by atoms with Gasteiger partial charge in [0, 0.05) is 33.1 Å². The quantitative estimate of drug-likeness (QED) is 0.704. The molecule has 1 amide bonds. The Morgan fingerprint density at radius 3 is 2.63 bits per heavy atom. The van der Waals surface area contributed by atoms with E-state index in [1.165, 1.54) is 0 Å². The lowest BCUT2D eigenvalue weighted by Crippen LogP contribution is -2.40. The molecule has 6 heteroatoms. The molecule has 27 heavy (non-hydrogen) atoms. The fraction of sp³-hybridized carbons (Fsp3) is 0.381. The van der Waals surface area contributed by atoms with Crippen LogP contribution in [0.25, 0.3) is 16.7 Å². The highest BCUT2D eigenvalue weighted by Crippen LogP contribution is 2.31. The van der Waals surface area contributed by atoms with Gasteiger partial charge in [-0.25, -0.2) is 4.98 Å². The molecule has 0 aliphatic carbocycles. The van der Waals surface area contributed by atoms with Crippen LogP contribution >= 0.6 is 0 Å². The van der Waals surface area contributed by atoms with E-state index in [0.29, 0.717) is 11.2 Å². The van der Waals surface area contributed by atoms with Crippen molar-refractivity contribution in [2.24, 2.45) is 5.92 Å². The molecule has 138 valence electrons. The van der Waals surface area contributed by atoms with Gasteiger partial charge in [-0.2, -0.15) is 5.26 Å². The first-order chi connectivity index (χ1) is 13.0. The highest BCUT2D eigenvalue weighted by atomic mass is 16.2. The standard InChI is InChI=1S/C21H23N5O/c1-14-12-19(25-10-8-15(9-11-25)21(27)24(2)3)26-18-7-5-4-6-17(18)23-20(26)16(14)13-22/h4-7,12,15H,8-11H2,1-3H3. The summed E-state index contributed by atoms with van der Waals surface area (Å²) in [6.07, 6.45) is 1.67. The maximum Gasteiger partial charge on any atom is 0.225 e. The van der Waals surface area contributed by atoms with E-state index in [1.807, 2.05) is 45.3 Å². The van der Waals surface area contributed by atoms with Crippen molar-refractivity contribution in [3.8, 4) is 6.07 Å². The molecule has 1 saturated heterocycles. The van der Waals surface area contributed by atoms with Crippen molar-refractivity contribution in [1.82, 2.24) is 14.3 Å². The number of aryl methyl sites for hydroxylation is 1. The number of nitriles is 1. The summed E-state index contributed by atoms with van der Waals surface area (Å²) in [5, 5.41) is 9.63. The Labute approximate surface area is 158 Å². The Morgan fingerprint density at radius 2 is 1.96 bits per heavy atom. The maximum absolute atomic E-state index is 12.3. The van der Waals surface area contributed by atoms with Gasteiger partial charge >= 0.3 is 0 Å². The van der Waals surface area contributed by atoms with Gasteiger partial charge in [-0.1, -0.05) is 12.1 Å². The summed E-state index contributed by atoms with van der Waals surface area (Å²) in [7, 11) is 3.64. The number of anilines is 1. The van der Waals surface area contributed by atoms with Gasteiger partial charge < -0.3 is 9.80 Å². The number of aromatic nitrogens is 2. The van der Waals surface area contributed by atoms with Crippen molar-refractivity contribution in [3.63, 3.8) is 0 Å². The molecule has 2 aromatic heterocycles. The molecule has 1 aliphatic heterocycles. The van der Waals surface area contributed by atoms with Crippen molar-refractivity contribution in [1.29, 1.82) is 5.26 Å². The number of para-hydroxylation sites is 2. The molecule has 6 nitrogen and oxygen atoms in total. The van der Waals surface area contributed by atoms with E-state index in [-0.39, 0.29) is 11.8 Å². The van der Waals surface area contributed by atoms with Gasteiger partial charge in [0.15, 0.2) is 5.65 Å². The molecule has 1 aromatic carbocycles.